The third-order valence-electron chi connectivity index (χ3n) is 1.78. The molecule has 0 amide bonds. The van der Waals surface area contributed by atoms with Crippen LogP contribution in [0.2, 0.25) is 4.34 Å². The molecule has 1 aromatic rings. The summed E-state index contributed by atoms with van der Waals surface area (Å²) >= 11 is 7.22. The molecular formula is C11H15ClO2S. The molecule has 4 heteroatoms. The molecule has 2 nitrogen and oxygen atoms in total. The van der Waals surface area contributed by atoms with Crippen molar-refractivity contribution in [3.63, 3.8) is 0 Å². The van der Waals surface area contributed by atoms with Crippen LogP contribution in [0.4, 0.5) is 0 Å². The third-order valence-corrected chi connectivity index (χ3v) is 3.19. The van der Waals surface area contributed by atoms with E-state index in [0.29, 0.717) is 4.34 Å². The Morgan fingerprint density at radius 2 is 2.07 bits per heavy atom. The molecule has 15 heavy (non-hydrogen) atoms. The molecule has 1 atom stereocenters. The number of carbonyl (C=O) groups excluding carboxylic acids is 1. The van der Waals surface area contributed by atoms with Gasteiger partial charge in [0.1, 0.15) is 5.60 Å². The molecule has 0 aliphatic heterocycles. The SMILES string of the molecule is CC(C(=O)OC(C)(C)C)c1ccc(Cl)s1. The fourth-order valence-electron chi connectivity index (χ4n) is 1.07. The minimum atomic E-state index is -0.438. The highest BCUT2D eigenvalue weighted by molar-refractivity contribution is 7.16. The number of thiophene rings is 1. The van der Waals surface area contributed by atoms with E-state index in [9.17, 15) is 4.79 Å². The van der Waals surface area contributed by atoms with Crippen molar-refractivity contribution in [1.82, 2.24) is 0 Å². The lowest BCUT2D eigenvalue weighted by Gasteiger charge is -2.21. The normalized spacial score (nSPS) is 13.7. The average Bonchev–Trinajstić information content (AvgIpc) is 2.47. The van der Waals surface area contributed by atoms with Crippen molar-refractivity contribution in [1.29, 1.82) is 0 Å². The summed E-state index contributed by atoms with van der Waals surface area (Å²) in [4.78, 5) is 12.6. The van der Waals surface area contributed by atoms with Gasteiger partial charge in [-0.3, -0.25) is 4.79 Å². The summed E-state index contributed by atoms with van der Waals surface area (Å²) in [5.74, 6) is -0.456. The molecule has 0 spiro atoms. The van der Waals surface area contributed by atoms with Gasteiger partial charge < -0.3 is 4.74 Å². The maximum atomic E-state index is 11.7. The molecule has 0 fully saturated rings. The zero-order chi connectivity index (χ0) is 11.6. The highest BCUT2D eigenvalue weighted by Crippen LogP contribution is 2.29. The Bertz CT molecular complexity index is 352. The molecule has 0 aliphatic carbocycles. The van der Waals surface area contributed by atoms with Crippen molar-refractivity contribution in [3.8, 4) is 0 Å². The van der Waals surface area contributed by atoms with Crippen LogP contribution in [0.1, 0.15) is 38.5 Å². The van der Waals surface area contributed by atoms with Crippen LogP contribution >= 0.6 is 22.9 Å². The lowest BCUT2D eigenvalue weighted by atomic mass is 10.1. The summed E-state index contributed by atoms with van der Waals surface area (Å²) in [6.45, 7) is 7.41. The number of hydrogen-bond acceptors (Lipinski definition) is 3. The van der Waals surface area contributed by atoms with Gasteiger partial charge in [0.25, 0.3) is 0 Å². The minimum Gasteiger partial charge on any atom is -0.459 e. The predicted octanol–water partition coefficient (Wildman–Crippen LogP) is 3.85. The van der Waals surface area contributed by atoms with Crippen LogP contribution in [0, 0.1) is 0 Å². The fraction of sp³-hybridized carbons (Fsp3) is 0.545. The number of esters is 1. The maximum Gasteiger partial charge on any atom is 0.314 e. The lowest BCUT2D eigenvalue weighted by Crippen LogP contribution is -2.26. The van der Waals surface area contributed by atoms with Gasteiger partial charge in [-0.1, -0.05) is 11.6 Å². The van der Waals surface area contributed by atoms with Crippen molar-refractivity contribution in [2.75, 3.05) is 0 Å². The first kappa shape index (κ1) is 12.5. The monoisotopic (exact) mass is 246 g/mol. The molecule has 1 aromatic heterocycles. The molecule has 84 valence electrons. The second-order valence-corrected chi connectivity index (χ2v) is 6.14. The highest BCUT2D eigenvalue weighted by atomic mass is 35.5. The largest absolute Gasteiger partial charge is 0.459 e. The molecule has 1 rings (SSSR count). The second-order valence-electron chi connectivity index (χ2n) is 4.40. The van der Waals surface area contributed by atoms with E-state index in [4.69, 9.17) is 16.3 Å². The Morgan fingerprint density at radius 1 is 1.47 bits per heavy atom. The first-order valence-electron chi connectivity index (χ1n) is 4.77. The molecule has 0 saturated carbocycles. The standard InChI is InChI=1S/C11H15ClO2S/c1-7(8-5-6-9(12)15-8)10(13)14-11(2,3)4/h5-7H,1-4H3. The first-order chi connectivity index (χ1) is 6.79. The van der Waals surface area contributed by atoms with Gasteiger partial charge in [-0.15, -0.1) is 11.3 Å². The van der Waals surface area contributed by atoms with Crippen molar-refractivity contribution < 1.29 is 9.53 Å². The van der Waals surface area contributed by atoms with Gasteiger partial charge in [-0.05, 0) is 39.8 Å². The van der Waals surface area contributed by atoms with E-state index < -0.39 is 5.60 Å². The fourth-order valence-corrected chi connectivity index (χ4v) is 2.17. The number of carbonyl (C=O) groups is 1. The Morgan fingerprint density at radius 3 is 2.47 bits per heavy atom. The Hall–Kier alpha value is -0.540. The van der Waals surface area contributed by atoms with Crippen LogP contribution in [0.3, 0.4) is 0 Å². The maximum absolute atomic E-state index is 11.7. The first-order valence-corrected chi connectivity index (χ1v) is 5.97. The molecule has 1 unspecified atom stereocenters. The summed E-state index contributed by atoms with van der Waals surface area (Å²) in [5.41, 5.74) is -0.438. The van der Waals surface area contributed by atoms with E-state index in [-0.39, 0.29) is 11.9 Å². The smallest absolute Gasteiger partial charge is 0.314 e. The molecule has 0 N–H and O–H groups in total. The zero-order valence-corrected chi connectivity index (χ0v) is 10.9. The van der Waals surface area contributed by atoms with Gasteiger partial charge in [-0.2, -0.15) is 0 Å². The number of rotatable bonds is 2. The predicted molar refractivity (Wildman–Crippen MR) is 63.6 cm³/mol. The molecular weight excluding hydrogens is 232 g/mol. The van der Waals surface area contributed by atoms with Crippen molar-refractivity contribution >= 4 is 28.9 Å². The lowest BCUT2D eigenvalue weighted by molar-refractivity contribution is -0.156. The van der Waals surface area contributed by atoms with Gasteiger partial charge in [0, 0.05) is 4.88 Å². The summed E-state index contributed by atoms with van der Waals surface area (Å²) < 4.78 is 5.98. The summed E-state index contributed by atoms with van der Waals surface area (Å²) in [5, 5.41) is 0. The van der Waals surface area contributed by atoms with Crippen LogP contribution in [0.5, 0.6) is 0 Å². The number of halogens is 1. The van der Waals surface area contributed by atoms with Crippen molar-refractivity contribution in [3.05, 3.63) is 21.3 Å². The Balaban J connectivity index is 2.69. The number of hydrogen-bond donors (Lipinski definition) is 0. The highest BCUT2D eigenvalue weighted by Gasteiger charge is 2.23. The van der Waals surface area contributed by atoms with Crippen LogP contribution in [-0.2, 0) is 9.53 Å². The van der Waals surface area contributed by atoms with Gasteiger partial charge in [0.05, 0.1) is 10.3 Å². The van der Waals surface area contributed by atoms with E-state index in [0.717, 1.165) is 4.88 Å². The summed E-state index contributed by atoms with van der Waals surface area (Å²) in [7, 11) is 0. The van der Waals surface area contributed by atoms with Crippen LogP contribution in [0.15, 0.2) is 12.1 Å². The van der Waals surface area contributed by atoms with Crippen LogP contribution < -0.4 is 0 Å². The summed E-state index contributed by atoms with van der Waals surface area (Å²) in [6, 6.07) is 3.66. The molecule has 0 aliphatic rings. The quantitative estimate of drug-likeness (QED) is 0.741. The van der Waals surface area contributed by atoms with E-state index >= 15 is 0 Å². The Kier molecular flexibility index (Phi) is 3.79. The minimum absolute atomic E-state index is 0.207. The van der Waals surface area contributed by atoms with Crippen molar-refractivity contribution in [2.24, 2.45) is 0 Å². The van der Waals surface area contributed by atoms with E-state index in [1.54, 1.807) is 6.07 Å². The van der Waals surface area contributed by atoms with Gasteiger partial charge in [0.2, 0.25) is 0 Å². The molecule has 0 saturated heterocycles. The topological polar surface area (TPSA) is 26.3 Å². The van der Waals surface area contributed by atoms with Crippen LogP contribution in [0.25, 0.3) is 0 Å². The zero-order valence-electron chi connectivity index (χ0n) is 9.33. The second kappa shape index (κ2) is 4.54. The van der Waals surface area contributed by atoms with Gasteiger partial charge >= 0.3 is 5.97 Å². The molecule has 1 heterocycles. The Labute approximate surface area is 99.2 Å². The van der Waals surface area contributed by atoms with Gasteiger partial charge in [-0.25, -0.2) is 0 Å². The van der Waals surface area contributed by atoms with Crippen LogP contribution in [-0.4, -0.2) is 11.6 Å². The molecule has 0 radical (unpaired) electrons. The molecule has 0 aromatic carbocycles. The average molecular weight is 247 g/mol. The van der Waals surface area contributed by atoms with E-state index in [1.807, 2.05) is 33.8 Å². The van der Waals surface area contributed by atoms with E-state index in [1.165, 1.54) is 11.3 Å². The van der Waals surface area contributed by atoms with Crippen molar-refractivity contribution in [2.45, 2.75) is 39.2 Å². The summed E-state index contributed by atoms with van der Waals surface area (Å²) in [6.07, 6.45) is 0. The van der Waals surface area contributed by atoms with Gasteiger partial charge in [0.15, 0.2) is 0 Å². The van der Waals surface area contributed by atoms with E-state index in [2.05, 4.69) is 0 Å². The third kappa shape index (κ3) is 3.84. The molecule has 0 bridgehead atoms. The number of ether oxygens (including phenoxy) is 1.